The Morgan fingerprint density at radius 1 is 1.58 bits per heavy atom. The summed E-state index contributed by atoms with van der Waals surface area (Å²) in [5.41, 5.74) is 0. The van der Waals surface area contributed by atoms with Gasteiger partial charge in [-0.15, -0.1) is 0 Å². The topological polar surface area (TPSA) is 9.23 Å². The monoisotopic (exact) mass is 246 g/mol. The first-order chi connectivity index (χ1) is 5.74. The third-order valence-electron chi connectivity index (χ3n) is 1.25. The molecule has 1 rings (SSSR count). The van der Waals surface area contributed by atoms with Crippen molar-refractivity contribution in [2.75, 3.05) is 6.61 Å². The van der Waals surface area contributed by atoms with Crippen molar-refractivity contribution in [1.82, 2.24) is 0 Å². The first-order valence-corrected chi connectivity index (χ1v) is 4.60. The molecule has 0 bridgehead atoms. The van der Waals surface area contributed by atoms with Gasteiger partial charge in [0.1, 0.15) is 12.4 Å². The average Bonchev–Trinajstić information content (AvgIpc) is 2.03. The van der Waals surface area contributed by atoms with Crippen LogP contribution in [0, 0.1) is 0 Å². The van der Waals surface area contributed by atoms with E-state index in [0.717, 1.165) is 4.47 Å². The molecular formula is C9H8BrClO. The molecule has 3 heteroatoms. The first-order valence-electron chi connectivity index (χ1n) is 3.43. The molecule has 0 saturated heterocycles. The lowest BCUT2D eigenvalue weighted by Gasteiger charge is -2.04. The molecule has 0 aliphatic heterocycles. The van der Waals surface area contributed by atoms with Crippen LogP contribution in [-0.4, -0.2) is 6.61 Å². The van der Waals surface area contributed by atoms with Crippen LogP contribution >= 0.6 is 27.5 Å². The predicted octanol–water partition coefficient (Wildman–Crippen LogP) is 3.67. The van der Waals surface area contributed by atoms with E-state index in [0.29, 0.717) is 17.4 Å². The van der Waals surface area contributed by atoms with E-state index in [2.05, 4.69) is 22.5 Å². The van der Waals surface area contributed by atoms with Gasteiger partial charge in [-0.2, -0.15) is 0 Å². The second kappa shape index (κ2) is 4.53. The van der Waals surface area contributed by atoms with E-state index in [-0.39, 0.29) is 0 Å². The predicted molar refractivity (Wildman–Crippen MR) is 54.8 cm³/mol. The van der Waals surface area contributed by atoms with Crippen molar-refractivity contribution in [2.45, 2.75) is 0 Å². The Kier molecular flexibility index (Phi) is 3.63. The van der Waals surface area contributed by atoms with Gasteiger partial charge in [-0.05, 0) is 18.2 Å². The van der Waals surface area contributed by atoms with Crippen LogP contribution < -0.4 is 4.74 Å². The van der Waals surface area contributed by atoms with Crippen molar-refractivity contribution in [3.05, 3.63) is 40.3 Å². The Morgan fingerprint density at radius 2 is 2.33 bits per heavy atom. The molecule has 64 valence electrons. The summed E-state index contributed by atoms with van der Waals surface area (Å²) >= 11 is 9.18. The van der Waals surface area contributed by atoms with E-state index in [1.807, 2.05) is 12.1 Å². The van der Waals surface area contributed by atoms with Crippen LogP contribution in [-0.2, 0) is 0 Å². The highest BCUT2D eigenvalue weighted by Crippen LogP contribution is 2.27. The summed E-state index contributed by atoms with van der Waals surface area (Å²) in [6.45, 7) is 4.02. The molecule has 0 amide bonds. The summed E-state index contributed by atoms with van der Waals surface area (Å²) in [5, 5.41) is 0.603. The van der Waals surface area contributed by atoms with E-state index < -0.39 is 0 Å². The average molecular weight is 248 g/mol. The molecule has 0 N–H and O–H groups in total. The molecule has 0 aromatic heterocycles. The van der Waals surface area contributed by atoms with Crippen LogP contribution in [0.4, 0.5) is 0 Å². The molecule has 0 radical (unpaired) electrons. The van der Waals surface area contributed by atoms with Crippen molar-refractivity contribution in [3.63, 3.8) is 0 Å². The Bertz CT molecular complexity index is 286. The van der Waals surface area contributed by atoms with Gasteiger partial charge in [0.05, 0.1) is 5.02 Å². The molecule has 0 spiro atoms. The van der Waals surface area contributed by atoms with Gasteiger partial charge >= 0.3 is 0 Å². The van der Waals surface area contributed by atoms with Gasteiger partial charge in [0.25, 0.3) is 0 Å². The summed E-state index contributed by atoms with van der Waals surface area (Å²) in [4.78, 5) is 0. The zero-order valence-electron chi connectivity index (χ0n) is 6.39. The highest BCUT2D eigenvalue weighted by molar-refractivity contribution is 9.10. The van der Waals surface area contributed by atoms with Crippen molar-refractivity contribution in [2.24, 2.45) is 0 Å². The number of hydrogen-bond acceptors (Lipinski definition) is 1. The molecule has 0 unspecified atom stereocenters. The van der Waals surface area contributed by atoms with Gasteiger partial charge in [0, 0.05) is 4.47 Å². The first kappa shape index (κ1) is 9.62. The van der Waals surface area contributed by atoms with Crippen molar-refractivity contribution in [1.29, 1.82) is 0 Å². The smallest absolute Gasteiger partial charge is 0.138 e. The zero-order chi connectivity index (χ0) is 8.97. The second-order valence-electron chi connectivity index (χ2n) is 2.17. The number of benzene rings is 1. The lowest BCUT2D eigenvalue weighted by Crippen LogP contribution is -1.92. The highest BCUT2D eigenvalue weighted by atomic mass is 79.9. The number of rotatable bonds is 3. The molecule has 0 saturated carbocycles. The quantitative estimate of drug-likeness (QED) is 0.741. The molecule has 1 nitrogen and oxygen atoms in total. The van der Waals surface area contributed by atoms with Crippen LogP contribution in [0.15, 0.2) is 35.3 Å². The van der Waals surface area contributed by atoms with E-state index in [1.54, 1.807) is 12.1 Å². The molecule has 0 atom stereocenters. The van der Waals surface area contributed by atoms with Crippen molar-refractivity contribution < 1.29 is 4.74 Å². The second-order valence-corrected chi connectivity index (χ2v) is 3.50. The Labute approximate surface area is 85.1 Å². The van der Waals surface area contributed by atoms with Gasteiger partial charge < -0.3 is 4.74 Å². The highest BCUT2D eigenvalue weighted by Gasteiger charge is 1.99. The lowest BCUT2D eigenvalue weighted by molar-refractivity contribution is 0.363. The fourth-order valence-electron chi connectivity index (χ4n) is 0.741. The van der Waals surface area contributed by atoms with Gasteiger partial charge in [-0.1, -0.05) is 40.2 Å². The Hall–Kier alpha value is -0.470. The van der Waals surface area contributed by atoms with Gasteiger partial charge in [0.15, 0.2) is 0 Å². The SMILES string of the molecule is C=CCOc1ccc(Br)cc1Cl. The zero-order valence-corrected chi connectivity index (χ0v) is 8.73. The van der Waals surface area contributed by atoms with Gasteiger partial charge in [0.2, 0.25) is 0 Å². The maximum atomic E-state index is 5.88. The number of ether oxygens (including phenoxy) is 1. The van der Waals surface area contributed by atoms with Crippen LogP contribution in [0.1, 0.15) is 0 Å². The molecule has 0 heterocycles. The maximum absolute atomic E-state index is 5.88. The molecule has 0 fully saturated rings. The third kappa shape index (κ3) is 2.54. The summed E-state index contributed by atoms with van der Waals surface area (Å²) in [6.07, 6.45) is 1.68. The van der Waals surface area contributed by atoms with Crippen LogP contribution in [0.2, 0.25) is 5.02 Å². The van der Waals surface area contributed by atoms with Crippen molar-refractivity contribution >= 4 is 27.5 Å². The van der Waals surface area contributed by atoms with E-state index in [1.165, 1.54) is 0 Å². The number of halogens is 2. The third-order valence-corrected chi connectivity index (χ3v) is 2.04. The summed E-state index contributed by atoms with van der Waals surface area (Å²) in [5.74, 6) is 0.680. The van der Waals surface area contributed by atoms with Gasteiger partial charge in [-0.3, -0.25) is 0 Å². The summed E-state index contributed by atoms with van der Waals surface area (Å²) in [7, 11) is 0. The number of hydrogen-bond donors (Lipinski definition) is 0. The Balaban J connectivity index is 2.78. The molecule has 12 heavy (non-hydrogen) atoms. The molecule has 0 aliphatic carbocycles. The fraction of sp³-hybridized carbons (Fsp3) is 0.111. The fourth-order valence-corrected chi connectivity index (χ4v) is 1.47. The summed E-state index contributed by atoms with van der Waals surface area (Å²) < 4.78 is 6.21. The molecule has 0 aliphatic rings. The standard InChI is InChI=1S/C9H8BrClO/c1-2-5-12-9-4-3-7(10)6-8(9)11/h2-4,6H,1,5H2. The van der Waals surface area contributed by atoms with Crippen molar-refractivity contribution in [3.8, 4) is 5.75 Å². The lowest BCUT2D eigenvalue weighted by atomic mass is 10.3. The van der Waals surface area contributed by atoms with Crippen LogP contribution in [0.5, 0.6) is 5.75 Å². The van der Waals surface area contributed by atoms with Crippen LogP contribution in [0.25, 0.3) is 0 Å². The van der Waals surface area contributed by atoms with E-state index in [4.69, 9.17) is 16.3 Å². The Morgan fingerprint density at radius 3 is 2.92 bits per heavy atom. The molecule has 1 aromatic rings. The van der Waals surface area contributed by atoms with E-state index in [9.17, 15) is 0 Å². The molecule has 1 aromatic carbocycles. The maximum Gasteiger partial charge on any atom is 0.138 e. The minimum Gasteiger partial charge on any atom is -0.488 e. The normalized spacial score (nSPS) is 9.50. The van der Waals surface area contributed by atoms with Crippen LogP contribution in [0.3, 0.4) is 0 Å². The minimum atomic E-state index is 0.474. The van der Waals surface area contributed by atoms with Gasteiger partial charge in [-0.25, -0.2) is 0 Å². The van der Waals surface area contributed by atoms with E-state index >= 15 is 0 Å². The minimum absolute atomic E-state index is 0.474. The largest absolute Gasteiger partial charge is 0.488 e. The molecular weight excluding hydrogens is 239 g/mol. The summed E-state index contributed by atoms with van der Waals surface area (Å²) in [6, 6.07) is 5.49.